The van der Waals surface area contributed by atoms with E-state index in [9.17, 15) is 9.59 Å². The molecule has 0 unspecified atom stereocenters. The molecule has 0 saturated carbocycles. The molecule has 1 aliphatic heterocycles. The Hall–Kier alpha value is -1.64. The Labute approximate surface area is 114 Å². The predicted molar refractivity (Wildman–Crippen MR) is 74.8 cm³/mol. The van der Waals surface area contributed by atoms with E-state index in [0.29, 0.717) is 6.42 Å². The summed E-state index contributed by atoms with van der Waals surface area (Å²) in [5.74, 6) is -0.0228. The van der Waals surface area contributed by atoms with Gasteiger partial charge in [0.2, 0.25) is 5.91 Å². The average Bonchev–Trinajstić information content (AvgIpc) is 2.26. The predicted octanol–water partition coefficient (Wildman–Crippen LogP) is 3.03. The van der Waals surface area contributed by atoms with Gasteiger partial charge in [-0.25, -0.2) is 0 Å². The molecule has 3 heteroatoms. The standard InChI is InChI=1S/C16H21NO2/c1-11-5-7-12(8-6-11)14-9-13(18)10-15(19)17(14)16(2,3)4/h5-8,14H,9-10H2,1-4H3/t14-/m1/s1. The van der Waals surface area contributed by atoms with E-state index in [2.05, 4.69) is 0 Å². The van der Waals surface area contributed by atoms with Crippen molar-refractivity contribution in [3.63, 3.8) is 0 Å². The van der Waals surface area contributed by atoms with E-state index < -0.39 is 0 Å². The van der Waals surface area contributed by atoms with Crippen molar-refractivity contribution in [1.82, 2.24) is 4.90 Å². The van der Waals surface area contributed by atoms with Gasteiger partial charge in [0.15, 0.2) is 0 Å². The monoisotopic (exact) mass is 259 g/mol. The van der Waals surface area contributed by atoms with Crippen molar-refractivity contribution < 1.29 is 9.59 Å². The molecule has 1 amide bonds. The van der Waals surface area contributed by atoms with E-state index in [4.69, 9.17) is 0 Å². The maximum Gasteiger partial charge on any atom is 0.230 e. The lowest BCUT2D eigenvalue weighted by atomic mass is 9.89. The summed E-state index contributed by atoms with van der Waals surface area (Å²) in [7, 11) is 0. The zero-order chi connectivity index (χ0) is 14.2. The summed E-state index contributed by atoms with van der Waals surface area (Å²) in [6.07, 6.45) is 0.464. The molecule has 0 radical (unpaired) electrons. The molecular formula is C16H21NO2. The number of nitrogens with zero attached hydrogens (tertiary/aromatic N) is 1. The zero-order valence-corrected chi connectivity index (χ0v) is 12.1. The van der Waals surface area contributed by atoms with E-state index >= 15 is 0 Å². The van der Waals surface area contributed by atoms with E-state index in [0.717, 1.165) is 5.56 Å². The second kappa shape index (κ2) is 4.80. The van der Waals surface area contributed by atoms with Gasteiger partial charge in [-0.05, 0) is 33.3 Å². The van der Waals surface area contributed by atoms with Crippen molar-refractivity contribution in [2.45, 2.75) is 52.1 Å². The van der Waals surface area contributed by atoms with Gasteiger partial charge in [-0.15, -0.1) is 0 Å². The van der Waals surface area contributed by atoms with Gasteiger partial charge in [0.25, 0.3) is 0 Å². The third kappa shape index (κ3) is 2.86. The number of piperidine rings is 1. The van der Waals surface area contributed by atoms with Gasteiger partial charge in [-0.3, -0.25) is 9.59 Å². The maximum atomic E-state index is 12.2. The maximum absolute atomic E-state index is 12.2. The number of carbonyl (C=O) groups is 2. The Bertz CT molecular complexity index is 496. The fourth-order valence-electron chi connectivity index (χ4n) is 2.70. The lowest BCUT2D eigenvalue weighted by molar-refractivity contribution is -0.148. The van der Waals surface area contributed by atoms with Crippen molar-refractivity contribution in [3.05, 3.63) is 35.4 Å². The molecule has 19 heavy (non-hydrogen) atoms. The first-order chi connectivity index (χ1) is 8.79. The largest absolute Gasteiger partial charge is 0.330 e. The summed E-state index contributed by atoms with van der Waals surface area (Å²) >= 11 is 0. The molecular weight excluding hydrogens is 238 g/mol. The molecule has 0 aliphatic carbocycles. The van der Waals surface area contributed by atoms with Crippen molar-refractivity contribution >= 4 is 11.7 Å². The summed E-state index contributed by atoms with van der Waals surface area (Å²) < 4.78 is 0. The fraction of sp³-hybridized carbons (Fsp3) is 0.500. The highest BCUT2D eigenvalue weighted by Gasteiger charge is 2.39. The number of aryl methyl sites for hydroxylation is 1. The second-order valence-corrected chi connectivity index (χ2v) is 6.28. The van der Waals surface area contributed by atoms with Crippen LogP contribution in [0.4, 0.5) is 0 Å². The highest BCUT2D eigenvalue weighted by Crippen LogP contribution is 2.35. The van der Waals surface area contributed by atoms with Gasteiger partial charge in [0.1, 0.15) is 5.78 Å². The van der Waals surface area contributed by atoms with Gasteiger partial charge >= 0.3 is 0 Å². The van der Waals surface area contributed by atoms with Crippen LogP contribution in [-0.4, -0.2) is 22.1 Å². The summed E-state index contributed by atoms with van der Waals surface area (Å²) in [5.41, 5.74) is 1.95. The van der Waals surface area contributed by atoms with E-state index in [1.807, 2.05) is 56.9 Å². The van der Waals surface area contributed by atoms with Crippen LogP contribution in [0.5, 0.6) is 0 Å². The van der Waals surface area contributed by atoms with E-state index in [1.165, 1.54) is 5.56 Å². The molecule has 1 fully saturated rings. The number of hydrogen-bond donors (Lipinski definition) is 0. The van der Waals surface area contributed by atoms with Crippen LogP contribution in [-0.2, 0) is 9.59 Å². The molecule has 3 nitrogen and oxygen atoms in total. The molecule has 0 spiro atoms. The first-order valence-corrected chi connectivity index (χ1v) is 6.69. The number of likely N-dealkylation sites (tertiary alicyclic amines) is 1. The molecule has 1 heterocycles. The molecule has 0 bridgehead atoms. The summed E-state index contributed by atoms with van der Waals surface area (Å²) in [6, 6.07) is 7.96. The molecule has 2 rings (SSSR count). The molecule has 1 saturated heterocycles. The minimum absolute atomic E-state index is 0.0380. The van der Waals surface area contributed by atoms with Crippen LogP contribution in [0.3, 0.4) is 0 Å². The molecule has 1 atom stereocenters. The molecule has 1 aromatic rings. The van der Waals surface area contributed by atoms with E-state index in [1.54, 1.807) is 0 Å². The van der Waals surface area contributed by atoms with Gasteiger partial charge in [0.05, 0.1) is 12.5 Å². The van der Waals surface area contributed by atoms with Gasteiger partial charge in [-0.1, -0.05) is 29.8 Å². The van der Waals surface area contributed by atoms with Gasteiger partial charge in [0, 0.05) is 12.0 Å². The number of Topliss-reactive ketones (excluding diaryl/α,β-unsaturated/α-hetero) is 1. The van der Waals surface area contributed by atoms with Crippen LogP contribution >= 0.6 is 0 Å². The van der Waals surface area contributed by atoms with Crippen LogP contribution in [0.1, 0.15) is 50.8 Å². The lowest BCUT2D eigenvalue weighted by Gasteiger charge is -2.44. The highest BCUT2D eigenvalue weighted by atomic mass is 16.2. The Balaban J connectivity index is 2.40. The Kier molecular flexibility index (Phi) is 3.48. The molecule has 1 aromatic carbocycles. The van der Waals surface area contributed by atoms with E-state index in [-0.39, 0.29) is 29.7 Å². The van der Waals surface area contributed by atoms with Gasteiger partial charge in [-0.2, -0.15) is 0 Å². The number of amides is 1. The van der Waals surface area contributed by atoms with Gasteiger partial charge < -0.3 is 4.90 Å². The number of carbonyl (C=O) groups excluding carboxylic acids is 2. The zero-order valence-electron chi connectivity index (χ0n) is 12.1. The van der Waals surface area contributed by atoms with Crippen LogP contribution in [0, 0.1) is 6.92 Å². The Morgan fingerprint density at radius 3 is 2.21 bits per heavy atom. The second-order valence-electron chi connectivity index (χ2n) is 6.28. The van der Waals surface area contributed by atoms with Crippen LogP contribution in [0.2, 0.25) is 0 Å². The average molecular weight is 259 g/mol. The lowest BCUT2D eigenvalue weighted by Crippen LogP contribution is -2.51. The highest BCUT2D eigenvalue weighted by molar-refractivity contribution is 6.01. The Morgan fingerprint density at radius 2 is 1.68 bits per heavy atom. The number of benzene rings is 1. The summed E-state index contributed by atoms with van der Waals surface area (Å²) in [4.78, 5) is 25.8. The summed E-state index contributed by atoms with van der Waals surface area (Å²) in [5, 5.41) is 0. The molecule has 1 aliphatic rings. The summed E-state index contributed by atoms with van der Waals surface area (Å²) in [6.45, 7) is 8.08. The van der Waals surface area contributed by atoms with Crippen LogP contribution in [0.15, 0.2) is 24.3 Å². The van der Waals surface area contributed by atoms with Crippen molar-refractivity contribution in [1.29, 1.82) is 0 Å². The molecule has 0 aromatic heterocycles. The SMILES string of the molecule is Cc1ccc([C@H]2CC(=O)CC(=O)N2C(C)(C)C)cc1. The molecule has 102 valence electrons. The van der Waals surface area contributed by atoms with Crippen molar-refractivity contribution in [2.75, 3.05) is 0 Å². The topological polar surface area (TPSA) is 37.4 Å². The third-order valence-electron chi connectivity index (χ3n) is 3.53. The molecule has 0 N–H and O–H groups in total. The smallest absolute Gasteiger partial charge is 0.230 e. The van der Waals surface area contributed by atoms with Crippen LogP contribution in [0.25, 0.3) is 0 Å². The first-order valence-electron chi connectivity index (χ1n) is 6.69. The van der Waals surface area contributed by atoms with Crippen LogP contribution < -0.4 is 0 Å². The quantitative estimate of drug-likeness (QED) is 0.727. The number of rotatable bonds is 1. The minimum Gasteiger partial charge on any atom is -0.330 e. The third-order valence-corrected chi connectivity index (χ3v) is 3.53. The Morgan fingerprint density at radius 1 is 1.11 bits per heavy atom. The van der Waals surface area contributed by atoms with Crippen molar-refractivity contribution in [2.24, 2.45) is 0 Å². The fourth-order valence-corrected chi connectivity index (χ4v) is 2.70. The normalized spacial score (nSPS) is 20.8. The number of hydrogen-bond acceptors (Lipinski definition) is 2. The van der Waals surface area contributed by atoms with Crippen molar-refractivity contribution in [3.8, 4) is 0 Å². The minimum atomic E-state index is -0.270. The number of ketones is 1. The first kappa shape index (κ1) is 13.8.